The number of aryl methyl sites for hydroxylation is 2. The van der Waals surface area contributed by atoms with Crippen LogP contribution in [0.15, 0.2) is 30.6 Å². The third-order valence-electron chi connectivity index (χ3n) is 3.74. The summed E-state index contributed by atoms with van der Waals surface area (Å²) in [5.74, 6) is 0.0107. The van der Waals surface area contributed by atoms with Crippen LogP contribution in [0.1, 0.15) is 31.4 Å². The van der Waals surface area contributed by atoms with E-state index in [0.717, 1.165) is 23.5 Å². The third kappa shape index (κ3) is 4.10. The molecule has 0 aliphatic carbocycles. The highest BCUT2D eigenvalue weighted by Crippen LogP contribution is 2.18. The monoisotopic (exact) mass is 300 g/mol. The van der Waals surface area contributed by atoms with Gasteiger partial charge in [0.05, 0.1) is 11.9 Å². The molecule has 5 heteroatoms. The summed E-state index contributed by atoms with van der Waals surface area (Å²) in [5.41, 5.74) is 4.11. The van der Waals surface area contributed by atoms with Crippen molar-refractivity contribution in [1.29, 1.82) is 0 Å². The van der Waals surface area contributed by atoms with Gasteiger partial charge in [0.25, 0.3) is 0 Å². The van der Waals surface area contributed by atoms with Gasteiger partial charge in [0.2, 0.25) is 5.91 Å². The number of benzene rings is 1. The fourth-order valence-corrected chi connectivity index (χ4v) is 2.31. The Morgan fingerprint density at radius 1 is 1.36 bits per heavy atom. The summed E-state index contributed by atoms with van der Waals surface area (Å²) in [6.07, 6.45) is 4.13. The Hall–Kier alpha value is -2.30. The Balaban J connectivity index is 1.89. The molecule has 0 spiro atoms. The first kappa shape index (κ1) is 16.1. The van der Waals surface area contributed by atoms with Gasteiger partial charge >= 0.3 is 0 Å². The van der Waals surface area contributed by atoms with Crippen molar-refractivity contribution in [3.05, 3.63) is 41.7 Å². The Kier molecular flexibility index (Phi) is 5.20. The number of rotatable bonds is 6. The molecule has 2 aromatic rings. The molecule has 1 heterocycles. The summed E-state index contributed by atoms with van der Waals surface area (Å²) < 4.78 is 1.85. The van der Waals surface area contributed by atoms with Gasteiger partial charge in [0.15, 0.2) is 0 Å². The first-order chi connectivity index (χ1) is 10.5. The minimum Gasteiger partial charge on any atom is -0.380 e. The zero-order chi connectivity index (χ0) is 16.1. The van der Waals surface area contributed by atoms with Crippen LogP contribution < -0.4 is 10.6 Å². The lowest BCUT2D eigenvalue weighted by Gasteiger charge is -2.15. The number of hydrogen-bond donors (Lipinski definition) is 2. The van der Waals surface area contributed by atoms with E-state index >= 15 is 0 Å². The van der Waals surface area contributed by atoms with Crippen molar-refractivity contribution in [3.63, 3.8) is 0 Å². The van der Waals surface area contributed by atoms with E-state index in [-0.39, 0.29) is 11.9 Å². The number of amides is 1. The molecule has 0 bridgehead atoms. The molecular weight excluding hydrogens is 276 g/mol. The Bertz CT molecular complexity index is 648. The SMILES string of the molecule is CCn1cc(N[C@@H](C)CC(=O)Nc2cccc(C)c2C)cn1. The summed E-state index contributed by atoms with van der Waals surface area (Å²) in [4.78, 5) is 12.2. The number of hydrogen-bond acceptors (Lipinski definition) is 3. The van der Waals surface area contributed by atoms with Gasteiger partial charge in [-0.25, -0.2) is 0 Å². The second-order valence-corrected chi connectivity index (χ2v) is 5.63. The number of anilines is 2. The van der Waals surface area contributed by atoms with Crippen molar-refractivity contribution in [2.75, 3.05) is 10.6 Å². The molecule has 2 rings (SSSR count). The zero-order valence-electron chi connectivity index (χ0n) is 13.7. The van der Waals surface area contributed by atoms with Crippen LogP contribution in [0.2, 0.25) is 0 Å². The van der Waals surface area contributed by atoms with Crippen LogP contribution in [-0.2, 0) is 11.3 Å². The number of aromatic nitrogens is 2. The van der Waals surface area contributed by atoms with E-state index in [1.54, 1.807) is 6.20 Å². The highest BCUT2D eigenvalue weighted by atomic mass is 16.1. The molecule has 0 unspecified atom stereocenters. The van der Waals surface area contributed by atoms with Crippen LogP contribution in [0.25, 0.3) is 0 Å². The molecule has 2 N–H and O–H groups in total. The molecule has 0 saturated heterocycles. The van der Waals surface area contributed by atoms with Gasteiger partial charge in [-0.05, 0) is 44.9 Å². The van der Waals surface area contributed by atoms with Gasteiger partial charge in [-0.15, -0.1) is 0 Å². The average molecular weight is 300 g/mol. The molecule has 1 aromatic heterocycles. The van der Waals surface area contributed by atoms with E-state index in [1.165, 1.54) is 5.56 Å². The summed E-state index contributed by atoms with van der Waals surface area (Å²) in [5, 5.41) is 10.5. The molecule has 22 heavy (non-hydrogen) atoms. The van der Waals surface area contributed by atoms with Crippen molar-refractivity contribution >= 4 is 17.3 Å². The molecular formula is C17H24N4O. The number of nitrogens with one attached hydrogen (secondary N) is 2. The van der Waals surface area contributed by atoms with E-state index in [1.807, 2.05) is 56.8 Å². The first-order valence-corrected chi connectivity index (χ1v) is 7.64. The molecule has 0 aliphatic rings. The molecule has 1 atom stereocenters. The van der Waals surface area contributed by atoms with Crippen LogP contribution in [-0.4, -0.2) is 21.7 Å². The number of carbonyl (C=O) groups is 1. The molecule has 0 radical (unpaired) electrons. The predicted molar refractivity (Wildman–Crippen MR) is 90.1 cm³/mol. The van der Waals surface area contributed by atoms with E-state index in [4.69, 9.17) is 0 Å². The Morgan fingerprint density at radius 3 is 2.82 bits per heavy atom. The molecule has 1 amide bonds. The van der Waals surface area contributed by atoms with Crippen molar-refractivity contribution < 1.29 is 4.79 Å². The van der Waals surface area contributed by atoms with E-state index in [9.17, 15) is 4.79 Å². The van der Waals surface area contributed by atoms with Crippen molar-refractivity contribution in [2.24, 2.45) is 0 Å². The summed E-state index contributed by atoms with van der Waals surface area (Å²) >= 11 is 0. The number of nitrogens with zero attached hydrogens (tertiary/aromatic N) is 2. The summed E-state index contributed by atoms with van der Waals surface area (Å²) in [6.45, 7) is 8.93. The first-order valence-electron chi connectivity index (χ1n) is 7.64. The van der Waals surface area contributed by atoms with Gasteiger partial charge in [0.1, 0.15) is 0 Å². The lowest BCUT2D eigenvalue weighted by Crippen LogP contribution is -2.24. The lowest BCUT2D eigenvalue weighted by molar-refractivity contribution is -0.116. The maximum Gasteiger partial charge on any atom is 0.226 e. The van der Waals surface area contributed by atoms with Crippen molar-refractivity contribution in [3.8, 4) is 0 Å². The maximum atomic E-state index is 12.2. The maximum absolute atomic E-state index is 12.2. The van der Waals surface area contributed by atoms with Gasteiger partial charge < -0.3 is 10.6 Å². The lowest BCUT2D eigenvalue weighted by atomic mass is 10.1. The van der Waals surface area contributed by atoms with Gasteiger partial charge in [0, 0.05) is 30.9 Å². The van der Waals surface area contributed by atoms with E-state index in [0.29, 0.717) is 6.42 Å². The van der Waals surface area contributed by atoms with Gasteiger partial charge in [-0.2, -0.15) is 5.10 Å². The summed E-state index contributed by atoms with van der Waals surface area (Å²) in [7, 11) is 0. The highest BCUT2D eigenvalue weighted by Gasteiger charge is 2.11. The van der Waals surface area contributed by atoms with Crippen LogP contribution in [0, 0.1) is 13.8 Å². The van der Waals surface area contributed by atoms with Crippen molar-refractivity contribution in [2.45, 2.75) is 46.7 Å². The molecule has 0 aliphatic heterocycles. The third-order valence-corrected chi connectivity index (χ3v) is 3.74. The zero-order valence-corrected chi connectivity index (χ0v) is 13.7. The predicted octanol–water partition coefficient (Wildman–Crippen LogP) is 3.35. The Morgan fingerprint density at radius 2 is 2.14 bits per heavy atom. The average Bonchev–Trinajstić information content (AvgIpc) is 2.91. The highest BCUT2D eigenvalue weighted by molar-refractivity contribution is 5.92. The van der Waals surface area contributed by atoms with E-state index in [2.05, 4.69) is 15.7 Å². The normalized spacial score (nSPS) is 12.0. The molecule has 1 aromatic carbocycles. The number of carbonyl (C=O) groups excluding carboxylic acids is 1. The molecule has 5 nitrogen and oxygen atoms in total. The van der Waals surface area contributed by atoms with Gasteiger partial charge in [-0.1, -0.05) is 12.1 Å². The second-order valence-electron chi connectivity index (χ2n) is 5.63. The fraction of sp³-hybridized carbons (Fsp3) is 0.412. The van der Waals surface area contributed by atoms with Crippen LogP contribution in [0.5, 0.6) is 0 Å². The quantitative estimate of drug-likeness (QED) is 0.860. The largest absolute Gasteiger partial charge is 0.380 e. The topological polar surface area (TPSA) is 59.0 Å². The Labute approximate surface area is 131 Å². The van der Waals surface area contributed by atoms with E-state index < -0.39 is 0 Å². The minimum absolute atomic E-state index is 0.0107. The van der Waals surface area contributed by atoms with Gasteiger partial charge in [-0.3, -0.25) is 9.48 Å². The fourth-order valence-electron chi connectivity index (χ4n) is 2.31. The summed E-state index contributed by atoms with van der Waals surface area (Å²) in [6, 6.07) is 5.97. The molecule has 0 fully saturated rings. The second kappa shape index (κ2) is 7.11. The molecule has 0 saturated carbocycles. The van der Waals surface area contributed by atoms with Crippen molar-refractivity contribution in [1.82, 2.24) is 9.78 Å². The smallest absolute Gasteiger partial charge is 0.226 e. The minimum atomic E-state index is 0.0107. The van der Waals surface area contributed by atoms with Crippen LogP contribution in [0.3, 0.4) is 0 Å². The van der Waals surface area contributed by atoms with Crippen LogP contribution >= 0.6 is 0 Å². The molecule has 118 valence electrons. The standard InChI is InChI=1S/C17H24N4O/c1-5-21-11-15(10-18-21)19-13(3)9-17(22)20-16-8-6-7-12(2)14(16)4/h6-8,10-11,13,19H,5,9H2,1-4H3,(H,20,22)/t13-/m0/s1. The van der Waals surface area contributed by atoms with Crippen LogP contribution in [0.4, 0.5) is 11.4 Å².